The van der Waals surface area contributed by atoms with E-state index in [-0.39, 0.29) is 22.8 Å². The Balaban J connectivity index is 1.73. The Morgan fingerprint density at radius 1 is 1.33 bits per heavy atom. The van der Waals surface area contributed by atoms with Gasteiger partial charge in [0.25, 0.3) is 0 Å². The molecule has 8 heteroatoms. The number of hydrogen-bond donors (Lipinski definition) is 2. The summed E-state index contributed by atoms with van der Waals surface area (Å²) in [6, 6.07) is 2.05. The van der Waals surface area contributed by atoms with Crippen LogP contribution >= 0.6 is 0 Å². The van der Waals surface area contributed by atoms with Crippen LogP contribution in [0.1, 0.15) is 29.2 Å². The lowest BCUT2D eigenvalue weighted by molar-refractivity contribution is 0.0695. The van der Waals surface area contributed by atoms with Gasteiger partial charge in [-0.05, 0) is 18.9 Å². The Morgan fingerprint density at radius 3 is 2.67 bits per heavy atom. The lowest BCUT2D eigenvalue weighted by Gasteiger charge is -2.21. The van der Waals surface area contributed by atoms with Gasteiger partial charge in [0.05, 0.1) is 5.39 Å². The number of hydrogen-bond acceptors (Lipinski definition) is 5. The number of rotatable bonds is 3. The molecule has 2 aromatic heterocycles. The maximum Gasteiger partial charge on any atom is 0.341 e. The topological polar surface area (TPSA) is 97.4 Å². The molecule has 2 N–H and O–H groups in total. The number of carboxylic acids is 1. The number of aromatic nitrogens is 2. The van der Waals surface area contributed by atoms with E-state index in [2.05, 4.69) is 10.3 Å². The monoisotopic (exact) mass is 330 g/mol. The normalized spacial score (nSPS) is 25.1. The minimum Gasteiger partial charge on any atom is -0.477 e. The molecule has 3 fully saturated rings. The second-order valence-electron chi connectivity index (χ2n) is 6.77. The molecule has 2 aliphatic heterocycles. The van der Waals surface area contributed by atoms with E-state index in [1.165, 1.54) is 6.20 Å². The number of piperazine rings is 1. The zero-order valence-corrected chi connectivity index (χ0v) is 12.7. The summed E-state index contributed by atoms with van der Waals surface area (Å²) < 4.78 is 16.3. The van der Waals surface area contributed by atoms with Gasteiger partial charge in [-0.1, -0.05) is 0 Å². The summed E-state index contributed by atoms with van der Waals surface area (Å²) in [5.41, 5.74) is -0.648. The first-order valence-electron chi connectivity index (χ1n) is 8.02. The molecule has 0 aromatic carbocycles. The van der Waals surface area contributed by atoms with E-state index in [9.17, 15) is 19.1 Å². The van der Waals surface area contributed by atoms with E-state index >= 15 is 0 Å². The number of pyridine rings is 2. The van der Waals surface area contributed by atoms with Crippen molar-refractivity contribution in [2.24, 2.45) is 0 Å². The number of halogens is 1. The number of carboxylic acid groups (broad SMARTS) is 1. The fraction of sp³-hybridized carbons (Fsp3) is 0.438. The second-order valence-corrected chi connectivity index (χ2v) is 6.77. The van der Waals surface area contributed by atoms with Crippen molar-refractivity contribution in [2.75, 3.05) is 18.0 Å². The van der Waals surface area contributed by atoms with Crippen LogP contribution in [0.2, 0.25) is 0 Å². The molecule has 2 unspecified atom stereocenters. The molecule has 1 saturated carbocycles. The van der Waals surface area contributed by atoms with Gasteiger partial charge < -0.3 is 19.9 Å². The predicted molar refractivity (Wildman–Crippen MR) is 84.1 cm³/mol. The largest absolute Gasteiger partial charge is 0.477 e. The number of anilines is 1. The molecule has 4 heterocycles. The van der Waals surface area contributed by atoms with Crippen LogP contribution in [-0.4, -0.2) is 45.8 Å². The molecule has 0 radical (unpaired) electrons. The molecule has 0 bridgehead atoms. The van der Waals surface area contributed by atoms with E-state index in [0.717, 1.165) is 18.9 Å². The van der Waals surface area contributed by atoms with Crippen LogP contribution in [0, 0.1) is 5.82 Å². The quantitative estimate of drug-likeness (QED) is 0.805. The highest BCUT2D eigenvalue weighted by Gasteiger charge is 2.45. The van der Waals surface area contributed by atoms with Crippen molar-refractivity contribution >= 4 is 22.8 Å². The molecule has 0 spiro atoms. The fourth-order valence-corrected chi connectivity index (χ4v) is 3.54. The Bertz CT molecular complexity index is 942. The van der Waals surface area contributed by atoms with Crippen LogP contribution in [0.3, 0.4) is 0 Å². The molecule has 2 aromatic rings. The van der Waals surface area contributed by atoms with Gasteiger partial charge in [-0.3, -0.25) is 4.79 Å². The molecule has 3 aliphatic rings. The van der Waals surface area contributed by atoms with E-state index in [4.69, 9.17) is 0 Å². The summed E-state index contributed by atoms with van der Waals surface area (Å²) in [7, 11) is 0. The predicted octanol–water partition coefficient (Wildman–Crippen LogP) is 0.729. The first kappa shape index (κ1) is 13.9. The third kappa shape index (κ3) is 1.96. The highest BCUT2D eigenvalue weighted by atomic mass is 19.1. The van der Waals surface area contributed by atoms with E-state index in [0.29, 0.717) is 30.8 Å². The smallest absolute Gasteiger partial charge is 0.341 e. The van der Waals surface area contributed by atoms with Crippen LogP contribution < -0.4 is 15.6 Å². The van der Waals surface area contributed by atoms with Gasteiger partial charge in [-0.25, -0.2) is 14.2 Å². The average molecular weight is 330 g/mol. The zero-order chi connectivity index (χ0) is 16.6. The van der Waals surface area contributed by atoms with Crippen molar-refractivity contribution < 1.29 is 14.3 Å². The van der Waals surface area contributed by atoms with Gasteiger partial charge in [0.1, 0.15) is 11.2 Å². The number of nitrogens with zero attached hydrogens (tertiary/aromatic N) is 3. The number of fused-ring (bicyclic) bond motifs is 2. The van der Waals surface area contributed by atoms with Gasteiger partial charge in [0.2, 0.25) is 5.43 Å². The lowest BCUT2D eigenvalue weighted by atomic mass is 10.2. The first-order valence-corrected chi connectivity index (χ1v) is 8.02. The van der Waals surface area contributed by atoms with Crippen molar-refractivity contribution in [1.82, 2.24) is 14.9 Å². The third-order valence-corrected chi connectivity index (χ3v) is 5.05. The summed E-state index contributed by atoms with van der Waals surface area (Å²) in [5.74, 6) is -1.63. The first-order chi connectivity index (χ1) is 11.5. The average Bonchev–Trinajstić information content (AvgIpc) is 3.47. The van der Waals surface area contributed by atoms with Crippen LogP contribution in [0.4, 0.5) is 10.2 Å². The molecule has 2 atom stereocenters. The number of aromatic carboxylic acids is 1. The van der Waals surface area contributed by atoms with Gasteiger partial charge in [0.15, 0.2) is 11.6 Å². The van der Waals surface area contributed by atoms with Crippen molar-refractivity contribution in [2.45, 2.75) is 31.0 Å². The Kier molecular flexibility index (Phi) is 2.63. The zero-order valence-electron chi connectivity index (χ0n) is 12.7. The molecular weight excluding hydrogens is 315 g/mol. The molecule has 1 aliphatic carbocycles. The summed E-state index contributed by atoms with van der Waals surface area (Å²) in [5, 5.41) is 12.6. The van der Waals surface area contributed by atoms with Gasteiger partial charge in [-0.15, -0.1) is 0 Å². The highest BCUT2D eigenvalue weighted by molar-refractivity contribution is 5.92. The van der Waals surface area contributed by atoms with Crippen LogP contribution in [0.25, 0.3) is 11.0 Å². The number of nitrogens with one attached hydrogen (secondary N) is 1. The molecule has 124 valence electrons. The van der Waals surface area contributed by atoms with Crippen molar-refractivity contribution in [3.8, 4) is 0 Å². The van der Waals surface area contributed by atoms with Crippen LogP contribution in [0.15, 0.2) is 17.1 Å². The summed E-state index contributed by atoms with van der Waals surface area (Å²) in [6.45, 7) is 1.39. The molecule has 7 nitrogen and oxygen atoms in total. The maximum atomic E-state index is 14.6. The Morgan fingerprint density at radius 2 is 2.04 bits per heavy atom. The minimum atomic E-state index is -1.30. The third-order valence-electron chi connectivity index (χ3n) is 5.05. The maximum absolute atomic E-state index is 14.6. The minimum absolute atomic E-state index is 0.0329. The Labute approximate surface area is 135 Å². The van der Waals surface area contributed by atoms with Gasteiger partial charge in [0, 0.05) is 37.4 Å². The van der Waals surface area contributed by atoms with Gasteiger partial charge in [-0.2, -0.15) is 0 Å². The van der Waals surface area contributed by atoms with E-state index < -0.39 is 17.2 Å². The highest BCUT2D eigenvalue weighted by Crippen LogP contribution is 2.37. The molecule has 0 amide bonds. The van der Waals surface area contributed by atoms with Crippen LogP contribution in [-0.2, 0) is 0 Å². The van der Waals surface area contributed by atoms with E-state index in [1.807, 2.05) is 4.90 Å². The van der Waals surface area contributed by atoms with Crippen molar-refractivity contribution in [3.05, 3.63) is 33.9 Å². The van der Waals surface area contributed by atoms with Crippen molar-refractivity contribution in [1.29, 1.82) is 0 Å². The summed E-state index contributed by atoms with van der Waals surface area (Å²) >= 11 is 0. The van der Waals surface area contributed by atoms with Crippen molar-refractivity contribution in [3.63, 3.8) is 0 Å². The molecule has 24 heavy (non-hydrogen) atoms. The van der Waals surface area contributed by atoms with Crippen LogP contribution in [0.5, 0.6) is 0 Å². The van der Waals surface area contributed by atoms with E-state index in [1.54, 1.807) is 4.57 Å². The second kappa shape index (κ2) is 4.54. The van der Waals surface area contributed by atoms with Gasteiger partial charge >= 0.3 is 5.97 Å². The number of carbonyl (C=O) groups is 1. The summed E-state index contributed by atoms with van der Waals surface area (Å²) in [4.78, 5) is 30.0. The molecule has 2 saturated heterocycles. The summed E-state index contributed by atoms with van der Waals surface area (Å²) in [6.07, 6.45) is 3.16. The standard InChI is InChI=1S/C16H15FN4O3/c17-10-3-8-13(22)9(16(23)24)4-21(7-1-2-7)14(8)19-15(10)20-5-11-12(6-20)18-11/h3-4,7,11-12,18H,1-2,5-6H2,(H,23,24). The fourth-order valence-electron chi connectivity index (χ4n) is 3.54. The Hall–Kier alpha value is -2.48. The molecular formula is C16H15FN4O3. The lowest BCUT2D eigenvalue weighted by Crippen LogP contribution is -2.29. The molecule has 5 rings (SSSR count). The SMILES string of the molecule is O=C(O)c1cn(C2CC2)c2nc(N3CC4NC4C3)c(F)cc2c1=O.